The fraction of sp³-hybridized carbons (Fsp3) is 0.727. The summed E-state index contributed by atoms with van der Waals surface area (Å²) in [5.74, 6) is 0. The first-order chi connectivity index (χ1) is 8.96. The molecule has 0 saturated carbocycles. The molecule has 8 heteroatoms. The van der Waals surface area contributed by atoms with Gasteiger partial charge in [-0.2, -0.15) is 4.31 Å². The van der Waals surface area contributed by atoms with E-state index in [1.165, 1.54) is 4.31 Å². The molecule has 1 aromatic heterocycles. The predicted octanol–water partition coefficient (Wildman–Crippen LogP) is 0.670. The molecule has 2 N–H and O–H groups in total. The molecule has 0 bridgehead atoms. The van der Waals surface area contributed by atoms with Crippen molar-refractivity contribution in [2.45, 2.75) is 42.9 Å². The molecule has 1 aliphatic rings. The Morgan fingerprint density at radius 2 is 2.16 bits per heavy atom. The van der Waals surface area contributed by atoms with E-state index in [4.69, 9.17) is 0 Å². The first-order valence-electron chi connectivity index (χ1n) is 6.29. The second-order valence-corrected chi connectivity index (χ2v) is 7.80. The van der Waals surface area contributed by atoms with Crippen molar-refractivity contribution >= 4 is 21.4 Å². The van der Waals surface area contributed by atoms with Crippen LogP contribution in [-0.2, 0) is 10.0 Å². The smallest absolute Gasteiger partial charge is 0.305 e. The van der Waals surface area contributed by atoms with Crippen LogP contribution in [0.15, 0.2) is 9.00 Å². The zero-order valence-electron chi connectivity index (χ0n) is 10.8. The number of thiazole rings is 1. The lowest BCUT2D eigenvalue weighted by atomic mass is 10.1. The van der Waals surface area contributed by atoms with Crippen LogP contribution in [0, 0.1) is 6.92 Å². The number of nitrogens with zero attached hydrogens (tertiary/aromatic N) is 1. The maximum atomic E-state index is 12.6. The fourth-order valence-electron chi connectivity index (χ4n) is 2.39. The second-order valence-electron chi connectivity index (χ2n) is 4.73. The number of aromatic amines is 1. The van der Waals surface area contributed by atoms with E-state index in [0.717, 1.165) is 19.3 Å². The van der Waals surface area contributed by atoms with Crippen LogP contribution in [0.4, 0.5) is 0 Å². The predicted molar refractivity (Wildman–Crippen MR) is 72.9 cm³/mol. The molecule has 19 heavy (non-hydrogen) atoms. The number of hydrogen-bond acceptors (Lipinski definition) is 5. The molecule has 0 amide bonds. The van der Waals surface area contributed by atoms with Crippen LogP contribution in [-0.4, -0.2) is 42.0 Å². The van der Waals surface area contributed by atoms with Crippen molar-refractivity contribution in [3.63, 3.8) is 0 Å². The van der Waals surface area contributed by atoms with Gasteiger partial charge >= 0.3 is 4.87 Å². The summed E-state index contributed by atoms with van der Waals surface area (Å²) in [6.45, 7) is 1.80. The lowest BCUT2D eigenvalue weighted by Crippen LogP contribution is -2.41. The van der Waals surface area contributed by atoms with Crippen molar-refractivity contribution in [2.24, 2.45) is 0 Å². The molecule has 108 valence electrons. The van der Waals surface area contributed by atoms with Crippen LogP contribution in [0.2, 0.25) is 0 Å². The van der Waals surface area contributed by atoms with Crippen molar-refractivity contribution in [2.75, 3.05) is 13.2 Å². The molecule has 0 aromatic carbocycles. The summed E-state index contributed by atoms with van der Waals surface area (Å²) in [4.78, 5) is 13.4. The lowest BCUT2D eigenvalue weighted by molar-refractivity contribution is 0.186. The highest BCUT2D eigenvalue weighted by molar-refractivity contribution is 7.91. The minimum Gasteiger partial charge on any atom is -0.395 e. The number of aliphatic hydroxyl groups is 1. The van der Waals surface area contributed by atoms with E-state index in [1.54, 1.807) is 6.92 Å². The van der Waals surface area contributed by atoms with Crippen LogP contribution in [0.3, 0.4) is 0 Å². The van der Waals surface area contributed by atoms with E-state index in [1.807, 2.05) is 0 Å². The summed E-state index contributed by atoms with van der Waals surface area (Å²) < 4.78 is 26.6. The molecule has 2 rings (SSSR count). The Kier molecular flexibility index (Phi) is 4.44. The van der Waals surface area contributed by atoms with Crippen LogP contribution in [0.1, 0.15) is 31.4 Å². The number of aryl methyl sites for hydroxylation is 1. The number of H-pyrrole nitrogens is 1. The molecule has 1 fully saturated rings. The van der Waals surface area contributed by atoms with E-state index in [2.05, 4.69) is 4.98 Å². The molecule has 1 aromatic rings. The highest BCUT2D eigenvalue weighted by Crippen LogP contribution is 2.27. The average Bonchev–Trinajstić information content (AvgIpc) is 2.59. The minimum absolute atomic E-state index is 0.0675. The Morgan fingerprint density at radius 1 is 1.42 bits per heavy atom. The fourth-order valence-corrected chi connectivity index (χ4v) is 5.49. The van der Waals surface area contributed by atoms with Crippen LogP contribution in [0.25, 0.3) is 0 Å². The minimum atomic E-state index is -3.70. The van der Waals surface area contributed by atoms with E-state index in [0.29, 0.717) is 30.0 Å². The number of sulfonamides is 1. The molecule has 0 radical (unpaired) electrons. The molecule has 1 unspecified atom stereocenters. The average molecular weight is 306 g/mol. The quantitative estimate of drug-likeness (QED) is 0.859. The number of rotatable bonds is 3. The lowest BCUT2D eigenvalue weighted by Gasteiger charge is -2.27. The molecule has 1 aliphatic heterocycles. The summed E-state index contributed by atoms with van der Waals surface area (Å²) in [7, 11) is -3.70. The maximum absolute atomic E-state index is 12.6. The molecular formula is C11H18N2O4S2. The van der Waals surface area contributed by atoms with Crippen molar-refractivity contribution < 1.29 is 13.5 Å². The van der Waals surface area contributed by atoms with Crippen molar-refractivity contribution in [1.82, 2.24) is 9.29 Å². The summed E-state index contributed by atoms with van der Waals surface area (Å²) in [5.41, 5.74) is 0.371. The van der Waals surface area contributed by atoms with Gasteiger partial charge in [-0.15, -0.1) is 0 Å². The molecular weight excluding hydrogens is 288 g/mol. The van der Waals surface area contributed by atoms with Crippen molar-refractivity contribution in [1.29, 1.82) is 0 Å². The first-order valence-corrected chi connectivity index (χ1v) is 8.55. The van der Waals surface area contributed by atoms with Crippen molar-refractivity contribution in [3.8, 4) is 0 Å². The Balaban J connectivity index is 2.41. The zero-order valence-corrected chi connectivity index (χ0v) is 12.4. The second kappa shape index (κ2) is 5.74. The normalized spacial score (nSPS) is 22.3. The van der Waals surface area contributed by atoms with E-state index in [-0.39, 0.29) is 21.7 Å². The van der Waals surface area contributed by atoms with Gasteiger partial charge in [-0.1, -0.05) is 24.2 Å². The highest BCUT2D eigenvalue weighted by Gasteiger charge is 2.34. The van der Waals surface area contributed by atoms with Crippen LogP contribution < -0.4 is 4.87 Å². The SMILES string of the molecule is Cc1[nH]c(=O)sc1S(=O)(=O)N1CCCCCC1CO. The van der Waals surface area contributed by atoms with E-state index < -0.39 is 10.0 Å². The summed E-state index contributed by atoms with van der Waals surface area (Å²) >= 11 is 0.712. The first kappa shape index (κ1) is 14.7. The van der Waals surface area contributed by atoms with Gasteiger partial charge in [0.2, 0.25) is 0 Å². The van der Waals surface area contributed by atoms with Gasteiger partial charge in [-0.05, 0) is 19.8 Å². The van der Waals surface area contributed by atoms with Gasteiger partial charge in [0.25, 0.3) is 10.0 Å². The topological polar surface area (TPSA) is 90.5 Å². The molecule has 0 aliphatic carbocycles. The van der Waals surface area contributed by atoms with Gasteiger partial charge in [0.05, 0.1) is 6.61 Å². The maximum Gasteiger partial charge on any atom is 0.305 e. The monoisotopic (exact) mass is 306 g/mol. The molecule has 2 heterocycles. The Labute approximate surface area is 116 Å². The van der Waals surface area contributed by atoms with Gasteiger partial charge in [0.1, 0.15) is 0 Å². The van der Waals surface area contributed by atoms with Crippen LogP contribution >= 0.6 is 11.3 Å². The largest absolute Gasteiger partial charge is 0.395 e. The Bertz CT molecular complexity index is 590. The standard InChI is InChI=1S/C11H18N2O4S2/c1-8-10(18-11(15)12-8)19(16,17)13-6-4-2-3-5-9(13)7-14/h9,14H,2-7H2,1H3,(H,12,15). The van der Waals surface area contributed by atoms with Crippen molar-refractivity contribution in [3.05, 3.63) is 15.4 Å². The van der Waals surface area contributed by atoms with Gasteiger partial charge < -0.3 is 10.1 Å². The zero-order chi connectivity index (χ0) is 14.0. The summed E-state index contributed by atoms with van der Waals surface area (Å²) in [6, 6.07) is -0.385. The molecule has 6 nitrogen and oxygen atoms in total. The number of hydrogen-bond donors (Lipinski definition) is 2. The van der Waals surface area contributed by atoms with E-state index in [9.17, 15) is 18.3 Å². The number of aromatic nitrogens is 1. The van der Waals surface area contributed by atoms with Crippen LogP contribution in [0.5, 0.6) is 0 Å². The third-order valence-corrected chi connectivity index (χ3v) is 6.89. The third kappa shape index (κ3) is 2.91. The Morgan fingerprint density at radius 3 is 2.74 bits per heavy atom. The van der Waals surface area contributed by atoms with Gasteiger partial charge in [0, 0.05) is 18.3 Å². The summed E-state index contributed by atoms with van der Waals surface area (Å²) in [6.07, 6.45) is 3.33. The Hall–Kier alpha value is -0.700. The number of aliphatic hydroxyl groups excluding tert-OH is 1. The molecule has 1 saturated heterocycles. The third-order valence-electron chi connectivity index (χ3n) is 3.36. The molecule has 1 atom stereocenters. The number of nitrogens with one attached hydrogen (secondary N) is 1. The van der Waals surface area contributed by atoms with Gasteiger partial charge in [-0.3, -0.25) is 4.79 Å². The summed E-state index contributed by atoms with van der Waals surface area (Å²) in [5, 5.41) is 9.40. The van der Waals surface area contributed by atoms with Gasteiger partial charge in [-0.25, -0.2) is 8.42 Å². The van der Waals surface area contributed by atoms with Gasteiger partial charge in [0.15, 0.2) is 4.21 Å². The highest BCUT2D eigenvalue weighted by atomic mass is 32.2. The van der Waals surface area contributed by atoms with E-state index >= 15 is 0 Å². The molecule has 0 spiro atoms.